The fourth-order valence-corrected chi connectivity index (χ4v) is 2.85. The second-order valence-corrected chi connectivity index (χ2v) is 5.87. The summed E-state index contributed by atoms with van der Waals surface area (Å²) in [7, 11) is 0. The van der Waals surface area contributed by atoms with Crippen molar-refractivity contribution >= 4 is 35.1 Å². The number of carbonyl (C=O) groups is 2. The number of aromatic amines is 1. The molecule has 8 heteroatoms. The van der Waals surface area contributed by atoms with Gasteiger partial charge in [0.25, 0.3) is 5.91 Å². The monoisotopic (exact) mass is 364 g/mol. The second-order valence-electron chi connectivity index (χ2n) is 5.87. The van der Waals surface area contributed by atoms with E-state index in [4.69, 9.17) is 0 Å². The predicted molar refractivity (Wildman–Crippen MR) is 98.2 cm³/mol. The van der Waals surface area contributed by atoms with Crippen molar-refractivity contribution in [3.8, 4) is 0 Å². The van der Waals surface area contributed by atoms with Crippen molar-refractivity contribution in [3.05, 3.63) is 46.2 Å². The molecule has 2 amide bonds. The van der Waals surface area contributed by atoms with Crippen LogP contribution in [0.1, 0.15) is 23.2 Å². The van der Waals surface area contributed by atoms with Crippen molar-refractivity contribution in [1.29, 1.82) is 0 Å². The van der Waals surface area contributed by atoms with Gasteiger partial charge in [-0.15, -0.1) is 12.4 Å². The smallest absolute Gasteiger partial charge is 0.257 e. The van der Waals surface area contributed by atoms with E-state index in [1.807, 2.05) is 6.07 Å². The van der Waals surface area contributed by atoms with Crippen molar-refractivity contribution in [2.24, 2.45) is 0 Å². The molecule has 1 aliphatic rings. The predicted octanol–water partition coefficient (Wildman–Crippen LogP) is 0.548. The summed E-state index contributed by atoms with van der Waals surface area (Å²) in [6, 6.07) is 7.07. The topological polar surface area (TPSA) is 103 Å². The molecule has 0 aliphatic carbocycles. The van der Waals surface area contributed by atoms with Crippen LogP contribution in [0.5, 0.6) is 0 Å². The van der Waals surface area contributed by atoms with Gasteiger partial charge in [-0.05, 0) is 31.5 Å². The minimum Gasteiger partial charge on any atom is -0.360 e. The Morgan fingerprint density at radius 2 is 2.04 bits per heavy atom. The Labute approximate surface area is 151 Å². The molecule has 1 atom stereocenters. The van der Waals surface area contributed by atoms with Gasteiger partial charge in [0.2, 0.25) is 11.3 Å². The fourth-order valence-electron chi connectivity index (χ4n) is 2.85. The summed E-state index contributed by atoms with van der Waals surface area (Å²) in [6.07, 6.45) is 3.32. The van der Waals surface area contributed by atoms with Gasteiger partial charge >= 0.3 is 0 Å². The average molecular weight is 365 g/mol. The van der Waals surface area contributed by atoms with Gasteiger partial charge in [0.1, 0.15) is 5.56 Å². The lowest BCUT2D eigenvalue weighted by molar-refractivity contribution is -0.120. The van der Waals surface area contributed by atoms with Crippen LogP contribution in [0, 0.1) is 0 Å². The third kappa shape index (κ3) is 4.58. The Morgan fingerprint density at radius 1 is 1.24 bits per heavy atom. The molecule has 1 aromatic carbocycles. The van der Waals surface area contributed by atoms with E-state index in [0.29, 0.717) is 10.9 Å². The Balaban J connectivity index is 0.00000225. The summed E-state index contributed by atoms with van der Waals surface area (Å²) < 4.78 is 0. The van der Waals surface area contributed by atoms with Crippen molar-refractivity contribution in [2.75, 3.05) is 19.6 Å². The maximum atomic E-state index is 12.3. The Bertz CT molecular complexity index is 815. The van der Waals surface area contributed by atoms with Gasteiger partial charge in [0.05, 0.1) is 6.54 Å². The van der Waals surface area contributed by atoms with Crippen molar-refractivity contribution in [3.63, 3.8) is 0 Å². The van der Waals surface area contributed by atoms with Gasteiger partial charge in [0.15, 0.2) is 0 Å². The molecule has 2 aromatic rings. The molecule has 1 saturated heterocycles. The third-order valence-corrected chi connectivity index (χ3v) is 4.10. The summed E-state index contributed by atoms with van der Waals surface area (Å²) >= 11 is 0. The maximum absolute atomic E-state index is 12.3. The maximum Gasteiger partial charge on any atom is 0.257 e. The summed E-state index contributed by atoms with van der Waals surface area (Å²) in [5.41, 5.74) is 0.321. The van der Waals surface area contributed by atoms with E-state index in [2.05, 4.69) is 20.9 Å². The minimum absolute atomic E-state index is 0. The van der Waals surface area contributed by atoms with Crippen LogP contribution in [0.4, 0.5) is 0 Å². The summed E-state index contributed by atoms with van der Waals surface area (Å²) in [4.78, 5) is 39.4. The first kappa shape index (κ1) is 19.0. The lowest BCUT2D eigenvalue weighted by Crippen LogP contribution is -2.48. The van der Waals surface area contributed by atoms with Gasteiger partial charge in [-0.25, -0.2) is 0 Å². The molecule has 7 nitrogen and oxygen atoms in total. The summed E-state index contributed by atoms with van der Waals surface area (Å²) in [6.45, 7) is 1.56. The van der Waals surface area contributed by atoms with Crippen molar-refractivity contribution in [1.82, 2.24) is 20.9 Å². The van der Waals surface area contributed by atoms with Gasteiger partial charge in [-0.3, -0.25) is 14.4 Å². The lowest BCUT2D eigenvalue weighted by Gasteiger charge is -2.23. The number of amides is 2. The van der Waals surface area contributed by atoms with Gasteiger partial charge in [-0.2, -0.15) is 0 Å². The number of H-pyrrole nitrogens is 1. The number of para-hydroxylation sites is 1. The van der Waals surface area contributed by atoms with E-state index in [-0.39, 0.29) is 41.9 Å². The molecule has 1 aliphatic heterocycles. The third-order valence-electron chi connectivity index (χ3n) is 4.10. The number of halogens is 1. The van der Waals surface area contributed by atoms with Gasteiger partial charge in [-0.1, -0.05) is 12.1 Å². The van der Waals surface area contributed by atoms with Crippen LogP contribution in [0.3, 0.4) is 0 Å². The molecule has 0 saturated carbocycles. The van der Waals surface area contributed by atoms with E-state index in [1.165, 1.54) is 6.20 Å². The van der Waals surface area contributed by atoms with Crippen LogP contribution in [-0.2, 0) is 4.79 Å². The number of hydrogen-bond acceptors (Lipinski definition) is 4. The number of nitrogens with one attached hydrogen (secondary N) is 4. The standard InChI is InChI=1S/C17H20N4O3.ClH/c22-15(21-11-4-3-7-18-8-11)10-20-17(24)13-9-19-14-6-2-1-5-12(14)16(13)23;/h1-2,5-6,9,11,18H,3-4,7-8,10H2,(H,19,23)(H,20,24)(H,21,22);1H/t11-;/m0./s1. The zero-order chi connectivity index (χ0) is 16.9. The summed E-state index contributed by atoms with van der Waals surface area (Å²) in [5, 5.41) is 9.03. The fraction of sp³-hybridized carbons (Fsp3) is 0.353. The molecule has 3 rings (SSSR count). The van der Waals surface area contributed by atoms with Crippen LogP contribution >= 0.6 is 12.4 Å². The number of hydrogen-bond donors (Lipinski definition) is 4. The SMILES string of the molecule is Cl.O=C(CNC(=O)c1c[nH]c2ccccc2c1=O)N[C@H]1CCCNC1. The summed E-state index contributed by atoms with van der Waals surface area (Å²) in [5.74, 6) is -0.812. The van der Waals surface area contributed by atoms with E-state index in [1.54, 1.807) is 18.2 Å². The highest BCUT2D eigenvalue weighted by atomic mass is 35.5. The lowest BCUT2D eigenvalue weighted by atomic mass is 10.1. The number of aromatic nitrogens is 1. The van der Waals surface area contributed by atoms with Crippen LogP contribution in [0.25, 0.3) is 10.9 Å². The first-order chi connectivity index (χ1) is 11.6. The quantitative estimate of drug-likeness (QED) is 0.636. The van der Waals surface area contributed by atoms with Crippen LogP contribution in [0.15, 0.2) is 35.3 Å². The Kier molecular flexibility index (Phi) is 6.55. The number of piperidine rings is 1. The molecule has 0 bridgehead atoms. The molecule has 0 unspecified atom stereocenters. The number of fused-ring (bicyclic) bond motifs is 1. The second kappa shape index (κ2) is 8.64. The zero-order valence-corrected chi connectivity index (χ0v) is 14.4. The van der Waals surface area contributed by atoms with E-state index in [0.717, 1.165) is 25.9 Å². The highest BCUT2D eigenvalue weighted by Crippen LogP contribution is 2.06. The van der Waals surface area contributed by atoms with Crippen LogP contribution < -0.4 is 21.4 Å². The van der Waals surface area contributed by atoms with E-state index in [9.17, 15) is 14.4 Å². The van der Waals surface area contributed by atoms with Crippen LogP contribution in [-0.4, -0.2) is 42.5 Å². The molecule has 25 heavy (non-hydrogen) atoms. The molecule has 134 valence electrons. The molecule has 4 N–H and O–H groups in total. The number of carbonyl (C=O) groups excluding carboxylic acids is 2. The van der Waals surface area contributed by atoms with Crippen molar-refractivity contribution < 1.29 is 9.59 Å². The van der Waals surface area contributed by atoms with Crippen molar-refractivity contribution in [2.45, 2.75) is 18.9 Å². The molecule has 0 spiro atoms. The number of benzene rings is 1. The average Bonchev–Trinajstić information content (AvgIpc) is 2.61. The van der Waals surface area contributed by atoms with Crippen LogP contribution in [0.2, 0.25) is 0 Å². The Hall–Kier alpha value is -2.38. The highest BCUT2D eigenvalue weighted by molar-refractivity contribution is 5.98. The molecular formula is C17H21ClN4O3. The molecule has 1 fully saturated rings. The largest absolute Gasteiger partial charge is 0.360 e. The van der Waals surface area contributed by atoms with Gasteiger partial charge in [0, 0.05) is 29.7 Å². The first-order valence-electron chi connectivity index (χ1n) is 8.04. The molecule has 2 heterocycles. The highest BCUT2D eigenvalue weighted by Gasteiger charge is 2.17. The molecule has 0 radical (unpaired) electrons. The minimum atomic E-state index is -0.557. The number of pyridine rings is 1. The van der Waals surface area contributed by atoms with E-state index < -0.39 is 5.91 Å². The van der Waals surface area contributed by atoms with Gasteiger partial charge < -0.3 is 20.9 Å². The zero-order valence-electron chi connectivity index (χ0n) is 13.6. The molecule has 1 aromatic heterocycles. The first-order valence-corrected chi connectivity index (χ1v) is 8.04. The van der Waals surface area contributed by atoms with E-state index >= 15 is 0 Å². The number of rotatable bonds is 4. The normalized spacial score (nSPS) is 16.7. The molecular weight excluding hydrogens is 344 g/mol. The Morgan fingerprint density at radius 3 is 2.80 bits per heavy atom.